The fraction of sp³-hybridized carbons (Fsp3) is 0.400. The molecule has 1 heterocycles. The molecule has 0 radical (unpaired) electrons. The first-order chi connectivity index (χ1) is 11.2. The van der Waals surface area contributed by atoms with Crippen molar-refractivity contribution in [3.63, 3.8) is 0 Å². The number of nitrogens with zero attached hydrogens (tertiary/aromatic N) is 2. The van der Waals surface area contributed by atoms with Gasteiger partial charge in [-0.05, 0) is 38.1 Å². The Bertz CT molecular complexity index is 596. The zero-order valence-electron chi connectivity index (χ0n) is 14.2. The van der Waals surface area contributed by atoms with Gasteiger partial charge in [0.25, 0.3) is 0 Å². The van der Waals surface area contributed by atoms with Gasteiger partial charge in [-0.1, -0.05) is 35.4 Å². The van der Waals surface area contributed by atoms with Gasteiger partial charge in [-0.2, -0.15) is 0 Å². The highest BCUT2D eigenvalue weighted by molar-refractivity contribution is 5.47. The first-order valence-corrected chi connectivity index (χ1v) is 8.44. The van der Waals surface area contributed by atoms with Crippen molar-refractivity contribution >= 4 is 5.69 Å². The second kappa shape index (κ2) is 7.51. The van der Waals surface area contributed by atoms with E-state index in [4.69, 9.17) is 4.74 Å². The first kappa shape index (κ1) is 15.9. The number of hydrogen-bond acceptors (Lipinski definition) is 3. The normalized spacial score (nSPS) is 15.7. The smallest absolute Gasteiger partial charge is 0.119 e. The summed E-state index contributed by atoms with van der Waals surface area (Å²) < 4.78 is 5.83. The van der Waals surface area contributed by atoms with Crippen molar-refractivity contribution in [2.75, 3.05) is 44.2 Å². The van der Waals surface area contributed by atoms with Crippen molar-refractivity contribution in [3.05, 3.63) is 59.7 Å². The predicted octanol–water partition coefficient (Wildman–Crippen LogP) is 3.50. The van der Waals surface area contributed by atoms with Gasteiger partial charge in [0.1, 0.15) is 12.4 Å². The standard InChI is InChI=1S/C20H26N2O/c1-17-3-7-19(8-4-17)22-13-11-21(12-14-22)15-16-23-20-9-5-18(2)6-10-20/h3-10H,11-16H2,1-2H3. The highest BCUT2D eigenvalue weighted by Crippen LogP contribution is 2.17. The molecular formula is C20H26N2O. The van der Waals surface area contributed by atoms with Gasteiger partial charge in [-0.15, -0.1) is 0 Å². The van der Waals surface area contributed by atoms with Gasteiger partial charge in [0.05, 0.1) is 0 Å². The van der Waals surface area contributed by atoms with Gasteiger partial charge >= 0.3 is 0 Å². The Morgan fingerprint density at radius 2 is 1.35 bits per heavy atom. The van der Waals surface area contributed by atoms with E-state index in [1.165, 1.54) is 16.8 Å². The fourth-order valence-corrected chi connectivity index (χ4v) is 2.91. The number of rotatable bonds is 5. The van der Waals surface area contributed by atoms with Crippen LogP contribution < -0.4 is 9.64 Å². The molecule has 0 bridgehead atoms. The molecule has 0 atom stereocenters. The lowest BCUT2D eigenvalue weighted by molar-refractivity contribution is 0.200. The Morgan fingerprint density at radius 1 is 0.783 bits per heavy atom. The zero-order chi connectivity index (χ0) is 16.1. The predicted molar refractivity (Wildman–Crippen MR) is 96.5 cm³/mol. The van der Waals surface area contributed by atoms with Gasteiger partial charge in [0.2, 0.25) is 0 Å². The molecule has 122 valence electrons. The highest BCUT2D eigenvalue weighted by Gasteiger charge is 2.16. The van der Waals surface area contributed by atoms with Crippen molar-refractivity contribution < 1.29 is 4.74 Å². The van der Waals surface area contributed by atoms with Crippen LogP contribution in [0.1, 0.15) is 11.1 Å². The van der Waals surface area contributed by atoms with E-state index in [9.17, 15) is 0 Å². The van der Waals surface area contributed by atoms with Gasteiger partial charge in [-0.3, -0.25) is 4.90 Å². The van der Waals surface area contributed by atoms with Crippen LogP contribution in [0.5, 0.6) is 5.75 Å². The minimum Gasteiger partial charge on any atom is -0.492 e. The Morgan fingerprint density at radius 3 is 1.96 bits per heavy atom. The summed E-state index contributed by atoms with van der Waals surface area (Å²) >= 11 is 0. The summed E-state index contributed by atoms with van der Waals surface area (Å²) in [4.78, 5) is 4.95. The Balaban J connectivity index is 1.40. The molecule has 0 aromatic heterocycles. The molecule has 0 amide bonds. The SMILES string of the molecule is Cc1ccc(OCCN2CCN(c3ccc(C)cc3)CC2)cc1. The number of hydrogen-bond donors (Lipinski definition) is 0. The summed E-state index contributed by atoms with van der Waals surface area (Å²) in [5, 5.41) is 0. The van der Waals surface area contributed by atoms with E-state index in [-0.39, 0.29) is 0 Å². The average Bonchev–Trinajstić information content (AvgIpc) is 2.58. The number of ether oxygens (including phenoxy) is 1. The lowest BCUT2D eigenvalue weighted by Crippen LogP contribution is -2.47. The van der Waals surface area contributed by atoms with E-state index in [1.54, 1.807) is 0 Å². The summed E-state index contributed by atoms with van der Waals surface area (Å²) in [5.74, 6) is 0.967. The summed E-state index contributed by atoms with van der Waals surface area (Å²) in [6, 6.07) is 17.1. The maximum absolute atomic E-state index is 5.83. The quantitative estimate of drug-likeness (QED) is 0.840. The van der Waals surface area contributed by atoms with Crippen LogP contribution in [0.15, 0.2) is 48.5 Å². The number of aryl methyl sites for hydroxylation is 2. The van der Waals surface area contributed by atoms with Crippen molar-refractivity contribution in [2.45, 2.75) is 13.8 Å². The highest BCUT2D eigenvalue weighted by atomic mass is 16.5. The van der Waals surface area contributed by atoms with Crippen molar-refractivity contribution in [1.82, 2.24) is 4.90 Å². The Kier molecular flexibility index (Phi) is 5.19. The van der Waals surface area contributed by atoms with Crippen LogP contribution >= 0.6 is 0 Å². The van der Waals surface area contributed by atoms with Gasteiger partial charge in [-0.25, -0.2) is 0 Å². The molecule has 0 spiro atoms. The molecule has 0 unspecified atom stereocenters. The fourth-order valence-electron chi connectivity index (χ4n) is 2.91. The molecule has 0 N–H and O–H groups in total. The van der Waals surface area contributed by atoms with Crippen LogP contribution in [-0.2, 0) is 0 Å². The maximum Gasteiger partial charge on any atom is 0.119 e. The van der Waals surface area contributed by atoms with Gasteiger partial charge in [0, 0.05) is 38.4 Å². The van der Waals surface area contributed by atoms with Crippen molar-refractivity contribution in [3.8, 4) is 5.75 Å². The monoisotopic (exact) mass is 310 g/mol. The molecule has 1 aliphatic rings. The van der Waals surface area contributed by atoms with Crippen LogP contribution in [-0.4, -0.2) is 44.2 Å². The number of piperazine rings is 1. The Labute approximate surface area is 139 Å². The summed E-state index contributed by atoms with van der Waals surface area (Å²) in [7, 11) is 0. The largest absolute Gasteiger partial charge is 0.492 e. The molecule has 1 saturated heterocycles. The maximum atomic E-state index is 5.83. The summed E-state index contributed by atoms with van der Waals surface area (Å²) in [6.07, 6.45) is 0. The molecule has 1 aliphatic heterocycles. The van der Waals surface area contributed by atoms with Crippen LogP contribution in [0.4, 0.5) is 5.69 Å². The summed E-state index contributed by atoms with van der Waals surface area (Å²) in [6.45, 7) is 10.4. The molecule has 2 aromatic rings. The van der Waals surface area contributed by atoms with E-state index in [0.717, 1.165) is 45.1 Å². The first-order valence-electron chi connectivity index (χ1n) is 8.44. The topological polar surface area (TPSA) is 15.7 Å². The van der Waals surface area contributed by atoms with Crippen molar-refractivity contribution in [2.24, 2.45) is 0 Å². The molecule has 0 saturated carbocycles. The third-order valence-electron chi connectivity index (χ3n) is 4.47. The lowest BCUT2D eigenvalue weighted by Gasteiger charge is -2.36. The molecule has 1 fully saturated rings. The molecule has 0 aliphatic carbocycles. The molecule has 3 nitrogen and oxygen atoms in total. The molecular weight excluding hydrogens is 284 g/mol. The number of benzene rings is 2. The van der Waals surface area contributed by atoms with E-state index in [0.29, 0.717) is 0 Å². The van der Waals surface area contributed by atoms with Crippen LogP contribution in [0, 0.1) is 13.8 Å². The van der Waals surface area contributed by atoms with Crippen LogP contribution in [0.2, 0.25) is 0 Å². The Hall–Kier alpha value is -2.00. The van der Waals surface area contributed by atoms with E-state index < -0.39 is 0 Å². The second-order valence-corrected chi connectivity index (χ2v) is 6.33. The minimum atomic E-state index is 0.758. The minimum absolute atomic E-state index is 0.758. The van der Waals surface area contributed by atoms with Gasteiger partial charge in [0.15, 0.2) is 0 Å². The molecule has 23 heavy (non-hydrogen) atoms. The number of anilines is 1. The van der Waals surface area contributed by atoms with E-state index >= 15 is 0 Å². The average molecular weight is 310 g/mol. The van der Waals surface area contributed by atoms with Crippen molar-refractivity contribution in [1.29, 1.82) is 0 Å². The van der Waals surface area contributed by atoms with E-state index in [1.807, 2.05) is 12.1 Å². The second-order valence-electron chi connectivity index (χ2n) is 6.33. The molecule has 3 heteroatoms. The summed E-state index contributed by atoms with van der Waals surface area (Å²) in [5.41, 5.74) is 3.93. The van der Waals surface area contributed by atoms with Crippen LogP contribution in [0.3, 0.4) is 0 Å². The third kappa shape index (κ3) is 4.49. The van der Waals surface area contributed by atoms with Gasteiger partial charge < -0.3 is 9.64 Å². The molecule has 3 rings (SSSR count). The molecule has 2 aromatic carbocycles. The lowest BCUT2D eigenvalue weighted by atomic mass is 10.2. The third-order valence-corrected chi connectivity index (χ3v) is 4.47. The van der Waals surface area contributed by atoms with Crippen LogP contribution in [0.25, 0.3) is 0 Å². The zero-order valence-corrected chi connectivity index (χ0v) is 14.2. The van der Waals surface area contributed by atoms with E-state index in [2.05, 4.69) is 60.0 Å².